The molecule has 2 heterocycles. The number of carbonyl (C=O) groups excluding carboxylic acids is 1. The maximum absolute atomic E-state index is 13.4. The summed E-state index contributed by atoms with van der Waals surface area (Å²) in [6.45, 7) is 5.51. The minimum Gasteiger partial charge on any atom is -0.457 e. The molecular formula is C26H25FN2O5. The van der Waals surface area contributed by atoms with Gasteiger partial charge in [-0.15, -0.1) is 0 Å². The molecule has 176 valence electrons. The second-order valence-corrected chi connectivity index (χ2v) is 8.50. The number of halogens is 1. The number of ether oxygens (including phenoxy) is 1. The summed E-state index contributed by atoms with van der Waals surface area (Å²) in [5.41, 5.74) is 0.235. The predicted octanol–water partition coefficient (Wildman–Crippen LogP) is 4.71. The van der Waals surface area contributed by atoms with Crippen LogP contribution < -0.4 is 15.6 Å². The Hall–Kier alpha value is -3.91. The van der Waals surface area contributed by atoms with E-state index in [1.807, 2.05) is 0 Å². The third kappa shape index (κ3) is 4.45. The maximum atomic E-state index is 13.4. The molecule has 0 fully saturated rings. The van der Waals surface area contributed by atoms with Crippen LogP contribution in [0.4, 0.5) is 4.39 Å². The Labute approximate surface area is 195 Å². The third-order valence-corrected chi connectivity index (χ3v) is 5.44. The van der Waals surface area contributed by atoms with Gasteiger partial charge in [-0.05, 0) is 68.8 Å². The monoisotopic (exact) mass is 464 g/mol. The fourth-order valence-corrected chi connectivity index (χ4v) is 3.65. The lowest BCUT2D eigenvalue weighted by molar-refractivity contribution is 0.0786. The van der Waals surface area contributed by atoms with Crippen molar-refractivity contribution in [2.24, 2.45) is 7.05 Å². The molecule has 7 nitrogen and oxygen atoms in total. The highest BCUT2D eigenvalue weighted by molar-refractivity contribution is 6.01. The summed E-state index contributed by atoms with van der Waals surface area (Å²) in [6.07, 6.45) is 1.63. The van der Waals surface area contributed by atoms with E-state index in [-0.39, 0.29) is 17.2 Å². The summed E-state index contributed by atoms with van der Waals surface area (Å²) in [5, 5.41) is 13.7. The molecule has 2 N–H and O–H groups in total. The van der Waals surface area contributed by atoms with E-state index in [4.69, 9.17) is 9.15 Å². The average Bonchev–Trinajstić information content (AvgIpc) is 3.24. The number of furan rings is 1. The second-order valence-electron chi connectivity index (χ2n) is 8.50. The molecule has 0 bridgehead atoms. The van der Waals surface area contributed by atoms with Gasteiger partial charge in [0.1, 0.15) is 17.3 Å². The molecule has 0 atom stereocenters. The molecule has 4 rings (SSSR count). The molecule has 2 aromatic carbocycles. The Morgan fingerprint density at radius 3 is 2.50 bits per heavy atom. The van der Waals surface area contributed by atoms with E-state index in [0.29, 0.717) is 40.1 Å². The molecule has 1 amide bonds. The fraction of sp³-hybridized carbons (Fsp3) is 0.231. The Kier molecular flexibility index (Phi) is 6.01. The van der Waals surface area contributed by atoms with Gasteiger partial charge in [0.15, 0.2) is 5.76 Å². The Balaban J connectivity index is 1.96. The van der Waals surface area contributed by atoms with Crippen molar-refractivity contribution in [2.45, 2.75) is 26.4 Å². The molecule has 0 aliphatic rings. The highest BCUT2D eigenvalue weighted by Crippen LogP contribution is 2.39. The minimum absolute atomic E-state index is 0.0149. The van der Waals surface area contributed by atoms with Crippen LogP contribution in [0.25, 0.3) is 22.1 Å². The van der Waals surface area contributed by atoms with E-state index in [9.17, 15) is 19.1 Å². The molecule has 0 aliphatic heterocycles. The van der Waals surface area contributed by atoms with E-state index in [2.05, 4.69) is 5.32 Å². The summed E-state index contributed by atoms with van der Waals surface area (Å²) in [7, 11) is 1.58. The molecular weight excluding hydrogens is 439 g/mol. The lowest BCUT2D eigenvalue weighted by Crippen LogP contribution is -2.22. The van der Waals surface area contributed by atoms with Gasteiger partial charge in [0.2, 0.25) is 5.58 Å². The van der Waals surface area contributed by atoms with Crippen LogP contribution in [-0.2, 0) is 12.6 Å². The fourth-order valence-electron chi connectivity index (χ4n) is 3.65. The number of hydrogen-bond donors (Lipinski definition) is 2. The molecule has 0 radical (unpaired) electrons. The molecule has 34 heavy (non-hydrogen) atoms. The lowest BCUT2D eigenvalue weighted by atomic mass is 9.93. The van der Waals surface area contributed by atoms with Gasteiger partial charge in [-0.2, -0.15) is 0 Å². The number of benzene rings is 2. The maximum Gasteiger partial charge on any atom is 0.293 e. The zero-order valence-electron chi connectivity index (χ0n) is 19.3. The number of hydrogen-bond acceptors (Lipinski definition) is 5. The number of carbonyl (C=O) groups is 1. The van der Waals surface area contributed by atoms with Crippen molar-refractivity contribution in [2.75, 3.05) is 6.54 Å². The molecule has 4 aromatic rings. The van der Waals surface area contributed by atoms with E-state index >= 15 is 0 Å². The van der Waals surface area contributed by atoms with Gasteiger partial charge in [-0.3, -0.25) is 9.59 Å². The number of rotatable bonds is 6. The van der Waals surface area contributed by atoms with Gasteiger partial charge in [0, 0.05) is 36.3 Å². The molecule has 0 spiro atoms. The van der Waals surface area contributed by atoms with Gasteiger partial charge < -0.3 is 24.1 Å². The van der Waals surface area contributed by atoms with E-state index in [1.54, 1.807) is 52.2 Å². The SMILES string of the molecule is CCNC(=O)c1cc2c(-c3cc(C(C)(C)O)ccc3Oc3ccc(F)cc3)cn(C)c(=O)c2o1. The number of aromatic nitrogens is 1. The van der Waals surface area contributed by atoms with Crippen molar-refractivity contribution < 1.29 is 23.4 Å². The summed E-state index contributed by atoms with van der Waals surface area (Å²) in [4.78, 5) is 25.1. The normalized spacial score (nSPS) is 11.6. The van der Waals surface area contributed by atoms with E-state index in [1.165, 1.54) is 34.9 Å². The zero-order chi connectivity index (χ0) is 24.6. The quantitative estimate of drug-likeness (QED) is 0.431. The molecule has 0 aliphatic carbocycles. The first-order chi connectivity index (χ1) is 16.1. The van der Waals surface area contributed by atoms with Crippen molar-refractivity contribution in [3.8, 4) is 22.6 Å². The predicted molar refractivity (Wildman–Crippen MR) is 127 cm³/mol. The molecule has 2 aromatic heterocycles. The van der Waals surface area contributed by atoms with Crippen LogP contribution in [0.5, 0.6) is 11.5 Å². The van der Waals surface area contributed by atoms with Crippen molar-refractivity contribution in [1.82, 2.24) is 9.88 Å². The summed E-state index contributed by atoms with van der Waals surface area (Å²) in [5.74, 6) is 0.0250. The van der Waals surface area contributed by atoms with Crippen LogP contribution in [0.15, 0.2) is 63.9 Å². The smallest absolute Gasteiger partial charge is 0.293 e. The van der Waals surface area contributed by atoms with Crippen LogP contribution in [0, 0.1) is 5.82 Å². The van der Waals surface area contributed by atoms with Gasteiger partial charge in [-0.1, -0.05) is 6.07 Å². The topological polar surface area (TPSA) is 93.7 Å². The highest BCUT2D eigenvalue weighted by Gasteiger charge is 2.23. The largest absolute Gasteiger partial charge is 0.457 e. The molecule has 0 saturated carbocycles. The van der Waals surface area contributed by atoms with Crippen LogP contribution >= 0.6 is 0 Å². The van der Waals surface area contributed by atoms with Crippen LogP contribution in [-0.4, -0.2) is 22.1 Å². The molecule has 8 heteroatoms. The molecule has 0 unspecified atom stereocenters. The molecule has 0 saturated heterocycles. The first-order valence-corrected chi connectivity index (χ1v) is 10.8. The zero-order valence-corrected chi connectivity index (χ0v) is 19.3. The second kappa shape index (κ2) is 8.79. The number of nitrogens with one attached hydrogen (secondary N) is 1. The van der Waals surface area contributed by atoms with Gasteiger partial charge in [0.05, 0.1) is 5.60 Å². The Morgan fingerprint density at radius 1 is 1.15 bits per heavy atom. The summed E-state index contributed by atoms with van der Waals surface area (Å²) < 4.78 is 26.4. The minimum atomic E-state index is -1.15. The number of amides is 1. The Bertz CT molecular complexity index is 1430. The van der Waals surface area contributed by atoms with Crippen molar-refractivity contribution in [3.05, 3.63) is 82.2 Å². The Morgan fingerprint density at radius 2 is 1.85 bits per heavy atom. The number of fused-ring (bicyclic) bond motifs is 1. The van der Waals surface area contributed by atoms with Crippen LogP contribution in [0.3, 0.4) is 0 Å². The number of nitrogens with zero attached hydrogens (tertiary/aromatic N) is 1. The third-order valence-electron chi connectivity index (χ3n) is 5.44. The van der Waals surface area contributed by atoms with Crippen molar-refractivity contribution >= 4 is 16.9 Å². The van der Waals surface area contributed by atoms with Crippen LogP contribution in [0.1, 0.15) is 36.9 Å². The van der Waals surface area contributed by atoms with Crippen molar-refractivity contribution in [1.29, 1.82) is 0 Å². The highest BCUT2D eigenvalue weighted by atomic mass is 19.1. The lowest BCUT2D eigenvalue weighted by Gasteiger charge is -2.21. The van der Waals surface area contributed by atoms with Gasteiger partial charge in [-0.25, -0.2) is 4.39 Å². The number of aryl methyl sites for hydroxylation is 1. The van der Waals surface area contributed by atoms with Gasteiger partial charge >= 0.3 is 0 Å². The van der Waals surface area contributed by atoms with Gasteiger partial charge in [0.25, 0.3) is 11.5 Å². The average molecular weight is 464 g/mol. The first kappa shape index (κ1) is 23.3. The number of pyridine rings is 1. The van der Waals surface area contributed by atoms with E-state index < -0.39 is 17.1 Å². The summed E-state index contributed by atoms with van der Waals surface area (Å²) in [6, 6.07) is 12.3. The van der Waals surface area contributed by atoms with Crippen LogP contribution in [0.2, 0.25) is 0 Å². The summed E-state index contributed by atoms with van der Waals surface area (Å²) >= 11 is 0. The first-order valence-electron chi connectivity index (χ1n) is 10.8. The van der Waals surface area contributed by atoms with E-state index in [0.717, 1.165) is 0 Å². The van der Waals surface area contributed by atoms with Crippen molar-refractivity contribution in [3.63, 3.8) is 0 Å². The standard InChI is InChI=1S/C26H25FN2O5/c1-5-28-24(30)22-13-19-20(14-29(4)25(31)23(19)34-22)18-12-15(26(2,3)32)6-11-21(18)33-17-9-7-16(27)8-10-17/h6-14,32H,5H2,1-4H3,(H,28,30). The number of aliphatic hydroxyl groups is 1.